The van der Waals surface area contributed by atoms with Crippen LogP contribution in [0.5, 0.6) is 5.75 Å². The summed E-state index contributed by atoms with van der Waals surface area (Å²) in [6.45, 7) is 2.06. The van der Waals surface area contributed by atoms with E-state index in [-0.39, 0.29) is 42.4 Å². The Kier molecular flexibility index (Phi) is 4.10. The van der Waals surface area contributed by atoms with Crippen molar-refractivity contribution < 1.29 is 13.9 Å². The Morgan fingerprint density at radius 3 is 3.04 bits per heavy atom. The van der Waals surface area contributed by atoms with Crippen LogP contribution >= 0.6 is 0 Å². The summed E-state index contributed by atoms with van der Waals surface area (Å²) in [6, 6.07) is 5.28. The normalized spacial score (nSPS) is 19.0. The summed E-state index contributed by atoms with van der Waals surface area (Å²) in [6.07, 6.45) is 2.67. The van der Waals surface area contributed by atoms with Gasteiger partial charge in [-0.15, -0.1) is 0 Å². The number of hydrogen-bond donors (Lipinski definition) is 1. The zero-order valence-electron chi connectivity index (χ0n) is 12.5. The number of fused-ring (bicyclic) bond motifs is 1. The minimum absolute atomic E-state index is 0.144. The van der Waals surface area contributed by atoms with Crippen molar-refractivity contribution in [3.8, 4) is 5.75 Å². The SMILES string of the molecule is C[C@@H]1Oc2cc(F)ccc2[C@H]1NC(=O)CCn1cnccc1=O. The van der Waals surface area contributed by atoms with Crippen molar-refractivity contribution in [2.75, 3.05) is 0 Å². The average Bonchev–Trinajstić information content (AvgIpc) is 2.81. The predicted octanol–water partition coefficient (Wildman–Crippen LogP) is 1.41. The van der Waals surface area contributed by atoms with Gasteiger partial charge in [0.15, 0.2) is 0 Å². The van der Waals surface area contributed by atoms with Crippen LogP contribution in [0.25, 0.3) is 0 Å². The number of nitrogens with one attached hydrogen (secondary N) is 1. The predicted molar refractivity (Wildman–Crippen MR) is 80.5 cm³/mol. The smallest absolute Gasteiger partial charge is 0.253 e. The topological polar surface area (TPSA) is 73.2 Å². The number of benzene rings is 1. The highest BCUT2D eigenvalue weighted by atomic mass is 19.1. The molecular weight excluding hydrogens is 301 g/mol. The van der Waals surface area contributed by atoms with Gasteiger partial charge in [0.05, 0.1) is 12.4 Å². The summed E-state index contributed by atoms with van der Waals surface area (Å²) < 4.78 is 20.2. The molecule has 0 saturated heterocycles. The molecule has 120 valence electrons. The molecule has 7 heteroatoms. The Balaban J connectivity index is 1.65. The number of nitrogens with zero attached hydrogens (tertiary/aromatic N) is 2. The van der Waals surface area contributed by atoms with Gasteiger partial charge in [0.1, 0.15) is 17.7 Å². The van der Waals surface area contributed by atoms with E-state index in [0.717, 1.165) is 5.56 Å². The summed E-state index contributed by atoms with van der Waals surface area (Å²) in [4.78, 5) is 27.5. The molecule has 0 unspecified atom stereocenters. The zero-order valence-corrected chi connectivity index (χ0v) is 12.5. The highest BCUT2D eigenvalue weighted by Crippen LogP contribution is 2.36. The van der Waals surface area contributed by atoms with Crippen molar-refractivity contribution in [1.82, 2.24) is 14.9 Å². The van der Waals surface area contributed by atoms with E-state index in [9.17, 15) is 14.0 Å². The lowest BCUT2D eigenvalue weighted by molar-refractivity contribution is -0.122. The standard InChI is InChI=1S/C16H16FN3O3/c1-10-16(12-3-2-11(17)8-13(12)23-10)19-14(21)5-7-20-9-18-6-4-15(20)22/h2-4,6,8-10,16H,5,7H2,1H3,(H,19,21)/t10-,16-/m0/s1. The van der Waals surface area contributed by atoms with Crippen LogP contribution in [0.4, 0.5) is 4.39 Å². The minimum atomic E-state index is -0.376. The van der Waals surface area contributed by atoms with E-state index in [1.807, 2.05) is 6.92 Å². The van der Waals surface area contributed by atoms with Gasteiger partial charge in [0.25, 0.3) is 5.56 Å². The number of halogens is 1. The van der Waals surface area contributed by atoms with Crippen LogP contribution in [0.15, 0.2) is 41.6 Å². The van der Waals surface area contributed by atoms with Crippen molar-refractivity contribution in [3.05, 3.63) is 58.5 Å². The maximum atomic E-state index is 13.2. The van der Waals surface area contributed by atoms with Gasteiger partial charge in [-0.25, -0.2) is 9.37 Å². The van der Waals surface area contributed by atoms with E-state index in [1.165, 1.54) is 35.3 Å². The summed E-state index contributed by atoms with van der Waals surface area (Å²) >= 11 is 0. The van der Waals surface area contributed by atoms with E-state index < -0.39 is 0 Å². The van der Waals surface area contributed by atoms with E-state index >= 15 is 0 Å². The molecule has 0 saturated carbocycles. The second-order valence-corrected chi connectivity index (χ2v) is 5.41. The zero-order chi connectivity index (χ0) is 16.4. The van der Waals surface area contributed by atoms with Gasteiger partial charge in [-0.2, -0.15) is 0 Å². The first-order chi connectivity index (χ1) is 11.0. The number of amides is 1. The van der Waals surface area contributed by atoms with Crippen LogP contribution in [0.1, 0.15) is 24.9 Å². The third-order valence-corrected chi connectivity index (χ3v) is 3.78. The first-order valence-electron chi connectivity index (χ1n) is 7.30. The summed E-state index contributed by atoms with van der Waals surface area (Å²) in [5, 5.41) is 2.87. The number of hydrogen-bond acceptors (Lipinski definition) is 4. The second-order valence-electron chi connectivity index (χ2n) is 5.41. The number of rotatable bonds is 4. The van der Waals surface area contributed by atoms with Crippen LogP contribution in [-0.2, 0) is 11.3 Å². The van der Waals surface area contributed by atoms with Crippen LogP contribution < -0.4 is 15.6 Å². The molecule has 0 aliphatic carbocycles. The first-order valence-corrected chi connectivity index (χ1v) is 7.30. The molecule has 1 aliphatic rings. The highest BCUT2D eigenvalue weighted by molar-refractivity contribution is 5.76. The van der Waals surface area contributed by atoms with Gasteiger partial charge >= 0.3 is 0 Å². The molecular formula is C16H16FN3O3. The number of carbonyl (C=O) groups excluding carboxylic acids is 1. The van der Waals surface area contributed by atoms with Crippen molar-refractivity contribution in [2.45, 2.75) is 32.0 Å². The first kappa shape index (κ1) is 15.2. The minimum Gasteiger partial charge on any atom is -0.488 e. The second kappa shape index (κ2) is 6.20. The average molecular weight is 317 g/mol. The highest BCUT2D eigenvalue weighted by Gasteiger charge is 2.32. The molecule has 23 heavy (non-hydrogen) atoms. The Labute approximate surface area is 131 Å². The van der Waals surface area contributed by atoms with Crippen LogP contribution in [0.2, 0.25) is 0 Å². The Morgan fingerprint density at radius 1 is 1.43 bits per heavy atom. The maximum absolute atomic E-state index is 13.2. The monoisotopic (exact) mass is 317 g/mol. The van der Waals surface area contributed by atoms with Crippen molar-refractivity contribution in [3.63, 3.8) is 0 Å². The van der Waals surface area contributed by atoms with E-state index in [1.54, 1.807) is 6.07 Å². The molecule has 1 aliphatic heterocycles. The number of aromatic nitrogens is 2. The summed E-state index contributed by atoms with van der Waals surface area (Å²) in [7, 11) is 0. The summed E-state index contributed by atoms with van der Waals surface area (Å²) in [5.41, 5.74) is 0.553. The molecule has 3 rings (SSSR count). The molecule has 1 amide bonds. The molecule has 2 atom stereocenters. The van der Waals surface area contributed by atoms with Gasteiger partial charge in [-0.3, -0.25) is 14.2 Å². The molecule has 2 aromatic rings. The molecule has 0 fully saturated rings. The van der Waals surface area contributed by atoms with Gasteiger partial charge in [0, 0.05) is 36.9 Å². The molecule has 2 heterocycles. The van der Waals surface area contributed by atoms with E-state index in [0.29, 0.717) is 5.75 Å². The fraction of sp³-hybridized carbons (Fsp3) is 0.312. The third-order valence-electron chi connectivity index (χ3n) is 3.78. The van der Waals surface area contributed by atoms with Crippen LogP contribution in [0, 0.1) is 5.82 Å². The van der Waals surface area contributed by atoms with Gasteiger partial charge in [-0.05, 0) is 13.0 Å². The molecule has 6 nitrogen and oxygen atoms in total. The van der Waals surface area contributed by atoms with E-state index in [2.05, 4.69) is 10.3 Å². The van der Waals surface area contributed by atoms with Gasteiger partial charge in [-0.1, -0.05) is 6.07 Å². The molecule has 0 radical (unpaired) electrons. The molecule has 0 bridgehead atoms. The lowest BCUT2D eigenvalue weighted by atomic mass is 10.0. The van der Waals surface area contributed by atoms with Crippen molar-refractivity contribution in [1.29, 1.82) is 0 Å². The third kappa shape index (κ3) is 3.23. The maximum Gasteiger partial charge on any atom is 0.253 e. The van der Waals surface area contributed by atoms with Crippen molar-refractivity contribution in [2.24, 2.45) is 0 Å². The van der Waals surface area contributed by atoms with E-state index in [4.69, 9.17) is 4.74 Å². The Hall–Kier alpha value is -2.70. The fourth-order valence-electron chi connectivity index (χ4n) is 2.60. The van der Waals surface area contributed by atoms with Crippen LogP contribution in [-0.4, -0.2) is 21.6 Å². The Morgan fingerprint density at radius 2 is 2.26 bits per heavy atom. The molecule has 1 aromatic heterocycles. The van der Waals surface area contributed by atoms with Crippen LogP contribution in [0.3, 0.4) is 0 Å². The lowest BCUT2D eigenvalue weighted by Gasteiger charge is -2.17. The molecule has 1 N–H and O–H groups in total. The number of ether oxygens (including phenoxy) is 1. The van der Waals surface area contributed by atoms with Gasteiger partial charge in [0.2, 0.25) is 5.91 Å². The number of aryl methyl sites for hydroxylation is 1. The van der Waals surface area contributed by atoms with Gasteiger partial charge < -0.3 is 10.1 Å². The fourth-order valence-corrected chi connectivity index (χ4v) is 2.60. The largest absolute Gasteiger partial charge is 0.488 e. The lowest BCUT2D eigenvalue weighted by Crippen LogP contribution is -2.34. The molecule has 1 aromatic carbocycles. The Bertz CT molecular complexity index is 790. The van der Waals surface area contributed by atoms with Crippen molar-refractivity contribution >= 4 is 5.91 Å². The quantitative estimate of drug-likeness (QED) is 0.925. The molecule has 0 spiro atoms. The number of carbonyl (C=O) groups is 1. The summed E-state index contributed by atoms with van der Waals surface area (Å²) in [5.74, 6) is -0.136.